The molecule has 0 aromatic heterocycles. The Morgan fingerprint density at radius 1 is 1.62 bits per heavy atom. The van der Waals surface area contributed by atoms with Gasteiger partial charge in [0.2, 0.25) is 0 Å². The fraction of sp³-hybridized carbons (Fsp3) is 0.714. The van der Waals surface area contributed by atoms with Crippen molar-refractivity contribution in [3.05, 3.63) is 0 Å². The predicted molar refractivity (Wildman–Crippen MR) is 39.2 cm³/mol. The lowest BCUT2D eigenvalue weighted by Gasteiger charge is -2.15. The zero-order chi connectivity index (χ0) is 9.42. The van der Waals surface area contributed by atoms with Gasteiger partial charge < -0.3 is 14.6 Å². The van der Waals surface area contributed by atoms with Gasteiger partial charge in [-0.3, -0.25) is 9.69 Å². The minimum atomic E-state index is -1.04. The van der Waals surface area contributed by atoms with E-state index in [0.717, 1.165) is 0 Å². The average Bonchev–Trinajstić information content (AvgIpc) is 2.55. The summed E-state index contributed by atoms with van der Waals surface area (Å²) < 4.78 is 9.96. The number of amides is 1. The Morgan fingerprint density at radius 2 is 2.38 bits per heavy atom. The van der Waals surface area contributed by atoms with Gasteiger partial charge in [0, 0.05) is 0 Å². The van der Waals surface area contributed by atoms with E-state index in [1.165, 1.54) is 4.90 Å². The van der Waals surface area contributed by atoms with E-state index >= 15 is 0 Å². The van der Waals surface area contributed by atoms with Crippen LogP contribution in [0.2, 0.25) is 0 Å². The molecule has 2 heterocycles. The first-order valence-electron chi connectivity index (χ1n) is 3.95. The van der Waals surface area contributed by atoms with Crippen LogP contribution in [0.15, 0.2) is 0 Å². The lowest BCUT2D eigenvalue weighted by Crippen LogP contribution is -2.39. The lowest BCUT2D eigenvalue weighted by atomic mass is 10.2. The average molecular weight is 187 g/mol. The van der Waals surface area contributed by atoms with Gasteiger partial charge in [0.05, 0.1) is 19.3 Å². The number of nitrogens with zero attached hydrogens (tertiary/aromatic N) is 1. The van der Waals surface area contributed by atoms with Gasteiger partial charge in [-0.25, -0.2) is 4.79 Å². The number of hydrogen-bond donors (Lipinski definition) is 1. The minimum absolute atomic E-state index is 0.219. The Kier molecular flexibility index (Phi) is 1.84. The molecule has 0 unspecified atom stereocenters. The first kappa shape index (κ1) is 8.31. The maximum atomic E-state index is 11.1. The number of carboxylic acid groups (broad SMARTS) is 1. The number of carbonyl (C=O) groups excluding carboxylic acids is 1. The molecular weight excluding hydrogens is 178 g/mol. The quantitative estimate of drug-likeness (QED) is 0.618. The van der Waals surface area contributed by atoms with Crippen LogP contribution in [0.1, 0.15) is 0 Å². The topological polar surface area (TPSA) is 76.1 Å². The van der Waals surface area contributed by atoms with Gasteiger partial charge in [-0.05, 0) is 0 Å². The molecule has 0 aromatic rings. The van der Waals surface area contributed by atoms with Crippen molar-refractivity contribution in [1.82, 2.24) is 4.90 Å². The van der Waals surface area contributed by atoms with E-state index in [0.29, 0.717) is 13.2 Å². The molecule has 0 radical (unpaired) electrons. The van der Waals surface area contributed by atoms with Gasteiger partial charge in [0.15, 0.2) is 0 Å². The van der Waals surface area contributed by atoms with Crippen LogP contribution in [-0.2, 0) is 14.3 Å². The number of rotatable bonds is 2. The number of ether oxygens (including phenoxy) is 2. The van der Waals surface area contributed by atoms with Crippen molar-refractivity contribution < 1.29 is 24.2 Å². The van der Waals surface area contributed by atoms with Crippen molar-refractivity contribution >= 4 is 12.1 Å². The van der Waals surface area contributed by atoms with E-state index < -0.39 is 12.1 Å². The fourth-order valence-corrected chi connectivity index (χ4v) is 1.59. The van der Waals surface area contributed by atoms with Crippen molar-refractivity contribution in [2.45, 2.75) is 12.1 Å². The number of carbonyl (C=O) groups is 2. The fourth-order valence-electron chi connectivity index (χ4n) is 1.59. The second-order valence-corrected chi connectivity index (χ2v) is 3.05. The third kappa shape index (κ3) is 1.33. The second-order valence-electron chi connectivity index (χ2n) is 3.05. The van der Waals surface area contributed by atoms with Gasteiger partial charge in [-0.1, -0.05) is 0 Å². The molecule has 6 heteroatoms. The Hall–Kier alpha value is -1.30. The normalized spacial score (nSPS) is 31.7. The van der Waals surface area contributed by atoms with Gasteiger partial charge in [0.1, 0.15) is 12.6 Å². The van der Waals surface area contributed by atoms with Crippen molar-refractivity contribution in [2.75, 3.05) is 19.8 Å². The smallest absolute Gasteiger partial charge is 0.411 e. The Morgan fingerprint density at radius 3 is 3.08 bits per heavy atom. The molecule has 2 fully saturated rings. The predicted octanol–water partition coefficient (Wildman–Crippen LogP) is -0.709. The third-order valence-corrected chi connectivity index (χ3v) is 2.19. The van der Waals surface area contributed by atoms with Crippen LogP contribution in [-0.4, -0.2) is 54.0 Å². The molecule has 0 aliphatic carbocycles. The molecule has 2 atom stereocenters. The van der Waals surface area contributed by atoms with Crippen molar-refractivity contribution in [2.24, 2.45) is 0 Å². The molecule has 72 valence electrons. The highest BCUT2D eigenvalue weighted by atomic mass is 16.6. The summed E-state index contributed by atoms with van der Waals surface area (Å²) in [6, 6.07) is -0.219. The van der Waals surface area contributed by atoms with Crippen LogP contribution in [0.5, 0.6) is 0 Å². The van der Waals surface area contributed by atoms with E-state index in [9.17, 15) is 9.59 Å². The van der Waals surface area contributed by atoms with Crippen LogP contribution in [0.4, 0.5) is 4.79 Å². The number of fused-ring (bicyclic) bond motifs is 1. The summed E-state index contributed by atoms with van der Waals surface area (Å²) in [5.41, 5.74) is 0. The highest BCUT2D eigenvalue weighted by Gasteiger charge is 2.46. The molecule has 2 saturated heterocycles. The monoisotopic (exact) mass is 187 g/mol. The number of aliphatic carboxylic acids is 1. The molecule has 13 heavy (non-hydrogen) atoms. The van der Waals surface area contributed by atoms with Gasteiger partial charge in [-0.15, -0.1) is 0 Å². The van der Waals surface area contributed by atoms with E-state index in [2.05, 4.69) is 0 Å². The molecule has 2 aliphatic heterocycles. The lowest BCUT2D eigenvalue weighted by molar-refractivity contribution is -0.137. The van der Waals surface area contributed by atoms with E-state index in [1.54, 1.807) is 0 Å². The zero-order valence-electron chi connectivity index (χ0n) is 6.80. The van der Waals surface area contributed by atoms with Crippen LogP contribution < -0.4 is 0 Å². The maximum Gasteiger partial charge on any atom is 0.411 e. The van der Waals surface area contributed by atoms with Crippen LogP contribution in [0, 0.1) is 0 Å². The Labute approximate surface area is 74.0 Å². The molecule has 0 aromatic carbocycles. The molecule has 2 aliphatic rings. The standard InChI is InChI=1S/C7H9NO5/c9-6(10)1-8-4-2-12-3-5(4)13-7(8)11/h4-5H,1-3H2,(H,9,10)/t4-,5-/m1/s1. The first-order valence-corrected chi connectivity index (χ1v) is 3.95. The summed E-state index contributed by atoms with van der Waals surface area (Å²) >= 11 is 0. The molecule has 0 saturated carbocycles. The Bertz CT molecular complexity index is 253. The van der Waals surface area contributed by atoms with Crippen LogP contribution in [0.3, 0.4) is 0 Å². The SMILES string of the molecule is O=C(O)CN1C(=O)O[C@@H]2COC[C@H]21. The zero-order valence-corrected chi connectivity index (χ0v) is 6.80. The molecular formula is C7H9NO5. The third-order valence-electron chi connectivity index (χ3n) is 2.19. The summed E-state index contributed by atoms with van der Waals surface area (Å²) in [7, 11) is 0. The van der Waals surface area contributed by atoms with Crippen LogP contribution >= 0.6 is 0 Å². The van der Waals surface area contributed by atoms with Gasteiger partial charge in [-0.2, -0.15) is 0 Å². The molecule has 1 amide bonds. The maximum absolute atomic E-state index is 11.1. The largest absolute Gasteiger partial charge is 0.480 e. The van der Waals surface area contributed by atoms with E-state index in [4.69, 9.17) is 14.6 Å². The van der Waals surface area contributed by atoms with E-state index in [1.807, 2.05) is 0 Å². The molecule has 0 bridgehead atoms. The highest BCUT2D eigenvalue weighted by molar-refractivity contribution is 5.78. The Balaban J connectivity index is 2.08. The highest BCUT2D eigenvalue weighted by Crippen LogP contribution is 2.24. The van der Waals surface area contributed by atoms with Gasteiger partial charge >= 0.3 is 12.1 Å². The molecule has 1 N–H and O–H groups in total. The molecule has 0 spiro atoms. The van der Waals surface area contributed by atoms with Gasteiger partial charge in [0.25, 0.3) is 0 Å². The summed E-state index contributed by atoms with van der Waals surface area (Å²) in [5, 5.41) is 8.52. The summed E-state index contributed by atoms with van der Waals surface area (Å²) in [4.78, 5) is 22.7. The second kappa shape index (κ2) is 2.88. The summed E-state index contributed by atoms with van der Waals surface area (Å²) in [6.45, 7) is 0.416. The summed E-state index contributed by atoms with van der Waals surface area (Å²) in [6.07, 6.45) is -0.840. The van der Waals surface area contributed by atoms with E-state index in [-0.39, 0.29) is 18.7 Å². The van der Waals surface area contributed by atoms with Crippen molar-refractivity contribution in [3.63, 3.8) is 0 Å². The van der Waals surface area contributed by atoms with Crippen molar-refractivity contribution in [3.8, 4) is 0 Å². The molecule has 2 rings (SSSR count). The number of hydrogen-bond acceptors (Lipinski definition) is 4. The summed E-state index contributed by atoms with van der Waals surface area (Å²) in [5.74, 6) is -1.04. The minimum Gasteiger partial charge on any atom is -0.480 e. The number of carboxylic acids is 1. The first-order chi connectivity index (χ1) is 6.18. The van der Waals surface area contributed by atoms with Crippen molar-refractivity contribution in [1.29, 1.82) is 0 Å². The van der Waals surface area contributed by atoms with Crippen LogP contribution in [0.25, 0.3) is 0 Å². The molecule has 6 nitrogen and oxygen atoms in total.